The molecule has 0 spiro atoms. The minimum atomic E-state index is -1.58. The van der Waals surface area contributed by atoms with Crippen molar-refractivity contribution < 1.29 is 0 Å². The van der Waals surface area contributed by atoms with Crippen LogP contribution in [0.1, 0.15) is 32.6 Å². The van der Waals surface area contributed by atoms with Crippen LogP contribution in [0.25, 0.3) is 0 Å². The third-order valence-electron chi connectivity index (χ3n) is 2.04. The predicted octanol–water partition coefficient (Wildman–Crippen LogP) is 4.47. The summed E-state index contributed by atoms with van der Waals surface area (Å²) >= 11 is 17.4. The molecule has 1 aliphatic rings. The third kappa shape index (κ3) is 2.55. The summed E-state index contributed by atoms with van der Waals surface area (Å²) in [5.41, 5.74) is -1.10. The fourth-order valence-corrected chi connectivity index (χ4v) is 1.69. The zero-order valence-corrected chi connectivity index (χ0v) is 10.0. The first-order chi connectivity index (χ1) is 6.52. The van der Waals surface area contributed by atoms with Gasteiger partial charge in [0.25, 0.3) is 0 Å². The van der Waals surface area contributed by atoms with Crippen molar-refractivity contribution in [2.24, 2.45) is 20.7 Å². The van der Waals surface area contributed by atoms with Crippen LogP contribution in [-0.4, -0.2) is 9.46 Å². The molecule has 14 heavy (non-hydrogen) atoms. The quantitative estimate of drug-likeness (QED) is 0.527. The average molecular weight is 258 g/mol. The molecular weight excluding hydrogens is 246 g/mol. The molecule has 0 aromatic rings. The van der Waals surface area contributed by atoms with Crippen LogP contribution >= 0.6 is 34.8 Å². The van der Waals surface area contributed by atoms with E-state index in [1.165, 1.54) is 0 Å². The lowest BCUT2D eigenvalue weighted by Gasteiger charge is -2.26. The summed E-state index contributed by atoms with van der Waals surface area (Å²) in [6, 6.07) is 0. The van der Waals surface area contributed by atoms with E-state index < -0.39 is 9.46 Å². The molecule has 0 bridgehead atoms. The van der Waals surface area contributed by atoms with E-state index in [2.05, 4.69) is 27.6 Å². The Morgan fingerprint density at radius 2 is 1.64 bits per heavy atom. The van der Waals surface area contributed by atoms with Crippen LogP contribution < -0.4 is 0 Å². The molecule has 0 atom stereocenters. The smallest absolute Gasteiger partial charge is 0.130 e. The van der Waals surface area contributed by atoms with Crippen molar-refractivity contribution >= 4 is 34.8 Å². The molecule has 0 fully saturated rings. The Morgan fingerprint density at radius 1 is 1.07 bits per heavy atom. The van der Waals surface area contributed by atoms with E-state index in [0.717, 1.165) is 19.3 Å². The molecule has 1 heterocycles. The molecule has 1 aliphatic heterocycles. The lowest BCUT2D eigenvalue weighted by atomic mass is 10.1. The van der Waals surface area contributed by atoms with E-state index in [0.29, 0.717) is 6.42 Å². The van der Waals surface area contributed by atoms with Crippen molar-refractivity contribution in [1.82, 2.24) is 0 Å². The molecule has 0 unspecified atom stereocenters. The van der Waals surface area contributed by atoms with Crippen molar-refractivity contribution in [2.75, 3.05) is 0 Å². The van der Waals surface area contributed by atoms with Crippen LogP contribution in [-0.2, 0) is 0 Å². The fraction of sp³-hybridized carbons (Fsp3) is 1.00. The van der Waals surface area contributed by atoms with E-state index in [4.69, 9.17) is 34.8 Å². The molecular formula is C7H11Cl3N4. The standard InChI is InChI=1S/C7H11Cl3N4/c1-2-3-4-5-6(7(8,9)10)11-13-14-12-6/h2-5H2,1H3. The summed E-state index contributed by atoms with van der Waals surface area (Å²) in [7, 11) is 0. The topological polar surface area (TPSA) is 49.4 Å². The van der Waals surface area contributed by atoms with Crippen molar-refractivity contribution in [1.29, 1.82) is 0 Å². The van der Waals surface area contributed by atoms with Gasteiger partial charge in [-0.25, -0.2) is 0 Å². The Kier molecular flexibility index (Phi) is 4.10. The molecule has 0 amide bonds. The molecule has 0 N–H and O–H groups in total. The molecule has 4 nitrogen and oxygen atoms in total. The molecule has 0 saturated carbocycles. The van der Waals surface area contributed by atoms with Crippen LogP contribution in [0.3, 0.4) is 0 Å². The fourth-order valence-electron chi connectivity index (χ4n) is 1.18. The molecule has 7 heteroatoms. The van der Waals surface area contributed by atoms with E-state index in [1.54, 1.807) is 0 Å². The van der Waals surface area contributed by atoms with Crippen LogP contribution in [0.5, 0.6) is 0 Å². The molecule has 0 aromatic heterocycles. The van der Waals surface area contributed by atoms with Gasteiger partial charge in [0.15, 0.2) is 0 Å². The first-order valence-corrected chi connectivity index (χ1v) is 5.56. The summed E-state index contributed by atoms with van der Waals surface area (Å²) in [4.78, 5) is 0. The molecule has 0 saturated heterocycles. The van der Waals surface area contributed by atoms with Gasteiger partial charge in [-0.15, -0.1) is 10.2 Å². The maximum Gasteiger partial charge on any atom is 0.241 e. The number of unbranched alkanes of at least 4 members (excludes halogenated alkanes) is 2. The van der Waals surface area contributed by atoms with Gasteiger partial charge in [0, 0.05) is 6.42 Å². The summed E-state index contributed by atoms with van der Waals surface area (Å²) in [5, 5.41) is 14.4. The highest BCUT2D eigenvalue weighted by molar-refractivity contribution is 6.68. The summed E-state index contributed by atoms with van der Waals surface area (Å²) < 4.78 is -1.58. The van der Waals surface area contributed by atoms with E-state index in [-0.39, 0.29) is 0 Å². The number of hydrogen-bond acceptors (Lipinski definition) is 4. The third-order valence-corrected chi connectivity index (χ3v) is 2.95. The van der Waals surface area contributed by atoms with Gasteiger partial charge < -0.3 is 0 Å². The van der Waals surface area contributed by atoms with Gasteiger partial charge in [0.1, 0.15) is 0 Å². The lowest BCUT2D eigenvalue weighted by molar-refractivity contribution is 0.396. The van der Waals surface area contributed by atoms with Gasteiger partial charge in [-0.3, -0.25) is 0 Å². The summed E-state index contributed by atoms with van der Waals surface area (Å²) in [6.45, 7) is 2.10. The van der Waals surface area contributed by atoms with Crippen molar-refractivity contribution in [3.8, 4) is 0 Å². The molecule has 80 valence electrons. The minimum Gasteiger partial charge on any atom is -0.130 e. The van der Waals surface area contributed by atoms with Crippen LogP contribution in [0, 0.1) is 0 Å². The van der Waals surface area contributed by atoms with Gasteiger partial charge in [-0.05, 0) is 16.9 Å². The molecule has 0 aromatic carbocycles. The second-order valence-electron chi connectivity index (χ2n) is 3.15. The SMILES string of the molecule is CCCCCC1(C(Cl)(Cl)Cl)N=NN=N1. The van der Waals surface area contributed by atoms with Crippen molar-refractivity contribution in [2.45, 2.75) is 42.1 Å². The van der Waals surface area contributed by atoms with Gasteiger partial charge in [-0.1, -0.05) is 54.6 Å². The Balaban J connectivity index is 2.65. The maximum atomic E-state index is 5.80. The number of rotatable bonds is 4. The molecule has 1 rings (SSSR count). The highest BCUT2D eigenvalue weighted by Gasteiger charge is 2.51. The van der Waals surface area contributed by atoms with E-state index in [1.807, 2.05) is 0 Å². The second kappa shape index (κ2) is 4.73. The second-order valence-corrected chi connectivity index (χ2v) is 5.43. The van der Waals surface area contributed by atoms with E-state index >= 15 is 0 Å². The first kappa shape index (κ1) is 12.1. The Morgan fingerprint density at radius 3 is 2.07 bits per heavy atom. The van der Waals surface area contributed by atoms with E-state index in [9.17, 15) is 0 Å². The highest BCUT2D eigenvalue weighted by atomic mass is 35.6. The number of hydrogen-bond donors (Lipinski definition) is 0. The molecule has 0 aliphatic carbocycles. The minimum absolute atomic E-state index is 0.560. The largest absolute Gasteiger partial charge is 0.241 e. The Hall–Kier alpha value is 0.0700. The van der Waals surface area contributed by atoms with Gasteiger partial charge in [0.2, 0.25) is 9.46 Å². The van der Waals surface area contributed by atoms with Gasteiger partial charge in [-0.2, -0.15) is 0 Å². The monoisotopic (exact) mass is 256 g/mol. The van der Waals surface area contributed by atoms with Crippen LogP contribution in [0.4, 0.5) is 0 Å². The zero-order chi connectivity index (χ0) is 10.7. The van der Waals surface area contributed by atoms with Crippen LogP contribution in [0.2, 0.25) is 0 Å². The van der Waals surface area contributed by atoms with Crippen LogP contribution in [0.15, 0.2) is 20.7 Å². The normalized spacial score (nSPS) is 19.1. The average Bonchev–Trinajstić information content (AvgIpc) is 2.53. The van der Waals surface area contributed by atoms with Crippen molar-refractivity contribution in [3.63, 3.8) is 0 Å². The lowest BCUT2D eigenvalue weighted by Crippen LogP contribution is -2.37. The Bertz CT molecular complexity index is 234. The number of alkyl halides is 3. The first-order valence-electron chi connectivity index (χ1n) is 4.42. The summed E-state index contributed by atoms with van der Waals surface area (Å²) in [6.07, 6.45) is 3.59. The predicted molar refractivity (Wildman–Crippen MR) is 56.9 cm³/mol. The van der Waals surface area contributed by atoms with Gasteiger partial charge >= 0.3 is 0 Å². The summed E-state index contributed by atoms with van der Waals surface area (Å²) in [5.74, 6) is 0. The van der Waals surface area contributed by atoms with Gasteiger partial charge in [0.05, 0.1) is 0 Å². The maximum absolute atomic E-state index is 5.80. The zero-order valence-electron chi connectivity index (χ0n) is 7.75. The number of halogens is 3. The molecule has 0 radical (unpaired) electrons. The van der Waals surface area contributed by atoms with Crippen molar-refractivity contribution in [3.05, 3.63) is 0 Å². The highest BCUT2D eigenvalue weighted by Crippen LogP contribution is 2.47. The Labute approximate surface area is 97.7 Å². The number of nitrogens with zero attached hydrogens (tertiary/aromatic N) is 4.